The van der Waals surface area contributed by atoms with Gasteiger partial charge in [-0.15, -0.1) is 0 Å². The first-order chi connectivity index (χ1) is 4.84. The van der Waals surface area contributed by atoms with Gasteiger partial charge in [-0.3, -0.25) is 4.79 Å². The van der Waals surface area contributed by atoms with Gasteiger partial charge >= 0.3 is 6.18 Å². The fourth-order valence-corrected chi connectivity index (χ4v) is 0.522. The molecule has 0 aliphatic carbocycles. The summed E-state index contributed by atoms with van der Waals surface area (Å²) in [5.41, 5.74) is 0. The van der Waals surface area contributed by atoms with Gasteiger partial charge in [0.25, 0.3) is 5.78 Å². The summed E-state index contributed by atoms with van der Waals surface area (Å²) in [5, 5.41) is 0. The molecule has 0 aromatic heterocycles. The quantitative estimate of drug-likeness (QED) is 0.431. The summed E-state index contributed by atoms with van der Waals surface area (Å²) in [4.78, 5) is 10.2. The summed E-state index contributed by atoms with van der Waals surface area (Å²) in [6.45, 7) is 1.68. The topological polar surface area (TPSA) is 17.1 Å². The van der Waals surface area contributed by atoms with Crippen molar-refractivity contribution >= 4 is 28.4 Å². The lowest BCUT2D eigenvalue weighted by Gasteiger charge is -1.99. The van der Waals surface area contributed by atoms with Gasteiger partial charge in [0, 0.05) is 3.92 Å². The number of carbonyl (C=O) groups excluding carboxylic acids is 1. The third-order valence-corrected chi connectivity index (χ3v) is 1.21. The van der Waals surface area contributed by atoms with Gasteiger partial charge in [-0.25, -0.2) is 0 Å². The first-order valence-electron chi connectivity index (χ1n) is 2.77. The second kappa shape index (κ2) is 4.08. The van der Waals surface area contributed by atoms with Crippen LogP contribution in [0.4, 0.5) is 13.2 Å². The molecule has 1 atom stereocenters. The number of hydrogen-bond acceptors (Lipinski definition) is 1. The van der Waals surface area contributed by atoms with Gasteiger partial charge in [0.2, 0.25) is 0 Å². The van der Waals surface area contributed by atoms with Gasteiger partial charge in [-0.2, -0.15) is 13.2 Å². The summed E-state index contributed by atoms with van der Waals surface area (Å²) in [7, 11) is 0. The lowest BCUT2D eigenvalue weighted by atomic mass is 10.3. The van der Waals surface area contributed by atoms with Crippen LogP contribution in [0, 0.1) is 0 Å². The highest BCUT2D eigenvalue weighted by Crippen LogP contribution is 2.16. The van der Waals surface area contributed by atoms with E-state index < -0.39 is 12.0 Å². The average Bonchev–Trinajstić information content (AvgIpc) is 1.80. The summed E-state index contributed by atoms with van der Waals surface area (Å²) in [6, 6.07) is 0. The van der Waals surface area contributed by atoms with Gasteiger partial charge in [-0.05, 0) is 13.0 Å². The third-order valence-electron chi connectivity index (χ3n) is 0.792. The number of ketones is 1. The molecule has 1 nitrogen and oxygen atoms in total. The highest BCUT2D eigenvalue weighted by atomic mass is 127. The van der Waals surface area contributed by atoms with Crippen LogP contribution in [0.1, 0.15) is 6.92 Å². The molecule has 0 aliphatic heterocycles. The Morgan fingerprint density at radius 2 is 2.00 bits per heavy atom. The molecular formula is C6H6F3IO. The van der Waals surface area contributed by atoms with Crippen molar-refractivity contribution in [2.75, 3.05) is 0 Å². The molecule has 0 bridgehead atoms. The van der Waals surface area contributed by atoms with Crippen LogP contribution in [0.5, 0.6) is 0 Å². The minimum Gasteiger partial charge on any atom is -0.285 e. The monoisotopic (exact) mass is 278 g/mol. The Morgan fingerprint density at radius 1 is 1.55 bits per heavy atom. The zero-order valence-electron chi connectivity index (χ0n) is 5.65. The van der Waals surface area contributed by atoms with Crippen molar-refractivity contribution in [1.82, 2.24) is 0 Å². The maximum atomic E-state index is 11.5. The van der Waals surface area contributed by atoms with Crippen LogP contribution in [0.15, 0.2) is 12.2 Å². The second-order valence-electron chi connectivity index (χ2n) is 1.90. The van der Waals surface area contributed by atoms with E-state index in [2.05, 4.69) is 0 Å². The Labute approximate surface area is 75.8 Å². The molecule has 0 spiro atoms. The minimum absolute atomic E-state index is 0.0705. The molecule has 0 N–H and O–H groups in total. The van der Waals surface area contributed by atoms with E-state index in [1.807, 2.05) is 22.6 Å². The largest absolute Gasteiger partial charge is 0.454 e. The van der Waals surface area contributed by atoms with E-state index in [9.17, 15) is 18.0 Å². The molecule has 11 heavy (non-hydrogen) atoms. The zero-order valence-corrected chi connectivity index (χ0v) is 7.81. The van der Waals surface area contributed by atoms with Crippen molar-refractivity contribution < 1.29 is 18.0 Å². The molecule has 0 saturated carbocycles. The van der Waals surface area contributed by atoms with Crippen LogP contribution in [0.2, 0.25) is 0 Å². The number of allylic oxidation sites excluding steroid dienone is 2. The first-order valence-corrected chi connectivity index (χ1v) is 4.02. The predicted molar refractivity (Wildman–Crippen MR) is 43.7 cm³/mol. The Morgan fingerprint density at radius 3 is 2.27 bits per heavy atom. The summed E-state index contributed by atoms with van der Waals surface area (Å²) >= 11 is 1.90. The zero-order chi connectivity index (χ0) is 9.07. The maximum Gasteiger partial charge on any atom is 0.454 e. The number of alkyl halides is 4. The van der Waals surface area contributed by atoms with E-state index in [0.717, 1.165) is 0 Å². The van der Waals surface area contributed by atoms with Crippen LogP contribution < -0.4 is 0 Å². The summed E-state index contributed by atoms with van der Waals surface area (Å²) in [5.74, 6) is -1.80. The Kier molecular flexibility index (Phi) is 4.05. The van der Waals surface area contributed by atoms with E-state index in [-0.39, 0.29) is 3.92 Å². The highest BCUT2D eigenvalue weighted by Gasteiger charge is 2.35. The average molecular weight is 278 g/mol. The Balaban J connectivity index is 4.09. The van der Waals surface area contributed by atoms with E-state index in [1.165, 1.54) is 6.08 Å². The minimum atomic E-state index is -4.73. The molecule has 0 fully saturated rings. The molecular weight excluding hydrogens is 272 g/mol. The van der Waals surface area contributed by atoms with Crippen molar-refractivity contribution in [2.45, 2.75) is 17.0 Å². The molecule has 0 heterocycles. The lowest BCUT2D eigenvalue weighted by molar-refractivity contribution is -0.165. The number of halogens is 4. The van der Waals surface area contributed by atoms with E-state index in [0.29, 0.717) is 6.08 Å². The molecule has 0 saturated heterocycles. The molecule has 0 aliphatic rings. The van der Waals surface area contributed by atoms with Crippen molar-refractivity contribution in [2.24, 2.45) is 0 Å². The molecule has 1 unspecified atom stereocenters. The van der Waals surface area contributed by atoms with E-state index in [1.54, 1.807) is 6.92 Å². The van der Waals surface area contributed by atoms with Gasteiger partial charge in [0.1, 0.15) is 0 Å². The number of rotatable bonds is 2. The highest BCUT2D eigenvalue weighted by molar-refractivity contribution is 14.1. The van der Waals surface area contributed by atoms with Crippen LogP contribution >= 0.6 is 22.6 Å². The fourth-order valence-electron chi connectivity index (χ4n) is 0.314. The molecule has 0 rings (SSSR count). The third kappa shape index (κ3) is 5.23. The molecule has 5 heteroatoms. The van der Waals surface area contributed by atoms with E-state index >= 15 is 0 Å². The van der Waals surface area contributed by atoms with Crippen molar-refractivity contribution in [1.29, 1.82) is 0 Å². The standard InChI is InChI=1S/C6H6F3IO/c1-4(10)2-3-5(11)6(7,8)9/h2-4H,1H3/b3-2+. The van der Waals surface area contributed by atoms with Crippen LogP contribution in [-0.4, -0.2) is 15.9 Å². The van der Waals surface area contributed by atoms with Crippen molar-refractivity contribution in [3.8, 4) is 0 Å². The van der Waals surface area contributed by atoms with Crippen LogP contribution in [0.25, 0.3) is 0 Å². The summed E-state index contributed by atoms with van der Waals surface area (Å²) < 4.78 is 34.4. The smallest absolute Gasteiger partial charge is 0.285 e. The molecule has 0 aromatic rings. The Bertz CT molecular complexity index is 171. The van der Waals surface area contributed by atoms with Crippen molar-refractivity contribution in [3.63, 3.8) is 0 Å². The van der Waals surface area contributed by atoms with Crippen LogP contribution in [0.3, 0.4) is 0 Å². The number of carbonyl (C=O) groups is 1. The lowest BCUT2D eigenvalue weighted by Crippen LogP contribution is -2.20. The molecule has 0 radical (unpaired) electrons. The second-order valence-corrected chi connectivity index (χ2v) is 3.86. The van der Waals surface area contributed by atoms with Crippen molar-refractivity contribution in [3.05, 3.63) is 12.2 Å². The van der Waals surface area contributed by atoms with Gasteiger partial charge in [-0.1, -0.05) is 28.7 Å². The molecule has 0 aromatic carbocycles. The maximum absolute atomic E-state index is 11.5. The fraction of sp³-hybridized carbons (Fsp3) is 0.500. The summed E-state index contributed by atoms with van der Waals surface area (Å²) in [6.07, 6.45) is -2.98. The normalized spacial score (nSPS) is 15.4. The van der Waals surface area contributed by atoms with Gasteiger partial charge in [0.05, 0.1) is 0 Å². The van der Waals surface area contributed by atoms with Gasteiger partial charge < -0.3 is 0 Å². The van der Waals surface area contributed by atoms with Crippen LogP contribution in [-0.2, 0) is 4.79 Å². The predicted octanol–water partition coefficient (Wildman–Crippen LogP) is 2.50. The molecule has 0 amide bonds. The SMILES string of the molecule is CC(I)/C=C/C(=O)C(F)(F)F. The number of hydrogen-bond donors (Lipinski definition) is 0. The van der Waals surface area contributed by atoms with E-state index in [4.69, 9.17) is 0 Å². The first kappa shape index (κ1) is 10.9. The van der Waals surface area contributed by atoms with Gasteiger partial charge in [0.15, 0.2) is 0 Å². The Hall–Kier alpha value is -0.0700. The molecule has 64 valence electrons.